The van der Waals surface area contributed by atoms with Crippen LogP contribution < -0.4 is 5.73 Å². The van der Waals surface area contributed by atoms with Crippen molar-refractivity contribution in [1.29, 1.82) is 0 Å². The van der Waals surface area contributed by atoms with E-state index in [4.69, 9.17) is 5.73 Å². The minimum Gasteiger partial charge on any atom is -0.399 e. The molecule has 1 aromatic heterocycles. The second-order valence-corrected chi connectivity index (χ2v) is 5.25. The summed E-state index contributed by atoms with van der Waals surface area (Å²) in [6.07, 6.45) is 1.71. The van der Waals surface area contributed by atoms with E-state index < -0.39 is 0 Å². The number of thioether (sulfide) groups is 1. The summed E-state index contributed by atoms with van der Waals surface area (Å²) in [4.78, 5) is 4.21. The molecule has 0 fully saturated rings. The van der Waals surface area contributed by atoms with Crippen LogP contribution in [-0.4, -0.2) is 4.98 Å². The van der Waals surface area contributed by atoms with Gasteiger partial charge in [-0.15, -0.1) is 11.8 Å². The van der Waals surface area contributed by atoms with Crippen LogP contribution in [0.4, 0.5) is 10.1 Å². The average molecular weight is 313 g/mol. The van der Waals surface area contributed by atoms with Crippen LogP contribution in [0.25, 0.3) is 0 Å². The zero-order chi connectivity index (χ0) is 12.3. The number of benzene rings is 1. The maximum atomic E-state index is 13.5. The summed E-state index contributed by atoms with van der Waals surface area (Å²) in [5.41, 5.74) is 6.56. The molecular formula is C12H10BrFN2S. The van der Waals surface area contributed by atoms with Crippen LogP contribution in [0, 0.1) is 5.82 Å². The van der Waals surface area contributed by atoms with Crippen molar-refractivity contribution in [2.45, 2.75) is 10.8 Å². The lowest BCUT2D eigenvalue weighted by molar-refractivity contribution is 0.618. The topological polar surface area (TPSA) is 38.9 Å². The fourth-order valence-corrected chi connectivity index (χ4v) is 2.77. The minimum atomic E-state index is -0.274. The fraction of sp³-hybridized carbons (Fsp3) is 0.0833. The van der Waals surface area contributed by atoms with Crippen molar-refractivity contribution in [3.63, 3.8) is 0 Å². The maximum absolute atomic E-state index is 13.5. The summed E-state index contributed by atoms with van der Waals surface area (Å²) in [6, 6.07) is 8.50. The Kier molecular flexibility index (Phi) is 4.02. The number of halogens is 2. The molecule has 0 aliphatic carbocycles. The Labute approximate surface area is 112 Å². The van der Waals surface area contributed by atoms with Gasteiger partial charge in [0.2, 0.25) is 0 Å². The lowest BCUT2D eigenvalue weighted by Gasteiger charge is -2.05. The third-order valence-corrected chi connectivity index (χ3v) is 4.12. The highest BCUT2D eigenvalue weighted by molar-refractivity contribution is 9.10. The highest BCUT2D eigenvalue weighted by Crippen LogP contribution is 2.28. The first-order chi connectivity index (χ1) is 8.16. The van der Waals surface area contributed by atoms with Gasteiger partial charge < -0.3 is 5.73 Å². The number of pyridine rings is 1. The van der Waals surface area contributed by atoms with Gasteiger partial charge in [-0.25, -0.2) is 9.37 Å². The predicted octanol–water partition coefficient (Wildman–Crippen LogP) is 3.86. The van der Waals surface area contributed by atoms with Crippen LogP contribution in [0.5, 0.6) is 0 Å². The molecule has 0 saturated heterocycles. The Morgan fingerprint density at radius 1 is 1.35 bits per heavy atom. The minimum absolute atomic E-state index is 0.274. The van der Waals surface area contributed by atoms with Crippen LogP contribution in [0.15, 0.2) is 46.0 Å². The highest BCUT2D eigenvalue weighted by atomic mass is 79.9. The molecule has 0 unspecified atom stereocenters. The van der Waals surface area contributed by atoms with Gasteiger partial charge in [0.15, 0.2) is 0 Å². The molecule has 0 aliphatic heterocycles. The van der Waals surface area contributed by atoms with Gasteiger partial charge in [0.25, 0.3) is 0 Å². The van der Waals surface area contributed by atoms with Crippen LogP contribution >= 0.6 is 27.7 Å². The predicted molar refractivity (Wildman–Crippen MR) is 72.3 cm³/mol. The Balaban J connectivity index is 2.10. The molecule has 5 heteroatoms. The second-order valence-electron chi connectivity index (χ2n) is 3.43. The maximum Gasteiger partial charge on any atom is 0.129 e. The van der Waals surface area contributed by atoms with Crippen molar-refractivity contribution in [2.75, 3.05) is 5.73 Å². The molecule has 0 saturated carbocycles. The number of nitrogens with two attached hydrogens (primary N) is 1. The van der Waals surface area contributed by atoms with Crippen molar-refractivity contribution in [2.24, 2.45) is 0 Å². The van der Waals surface area contributed by atoms with Gasteiger partial charge in [0.05, 0.1) is 0 Å². The number of anilines is 1. The van der Waals surface area contributed by atoms with E-state index in [9.17, 15) is 4.39 Å². The number of nitrogen functional groups attached to an aromatic ring is 1. The summed E-state index contributed by atoms with van der Waals surface area (Å²) < 4.78 is 14.4. The Hall–Kier alpha value is -1.07. The lowest BCUT2D eigenvalue weighted by Crippen LogP contribution is -1.92. The molecule has 0 amide bonds. The first-order valence-corrected chi connectivity index (χ1v) is 6.72. The van der Waals surface area contributed by atoms with E-state index in [1.165, 1.54) is 17.8 Å². The molecule has 0 spiro atoms. The van der Waals surface area contributed by atoms with E-state index in [1.807, 2.05) is 12.1 Å². The van der Waals surface area contributed by atoms with Gasteiger partial charge in [-0.2, -0.15) is 0 Å². The SMILES string of the molecule is Nc1ccc(CSc2ncccc2Br)c(F)c1. The van der Waals surface area contributed by atoms with Gasteiger partial charge in [0.1, 0.15) is 10.8 Å². The standard InChI is InChI=1S/C12H10BrFN2S/c13-10-2-1-5-16-12(10)17-7-8-3-4-9(15)6-11(8)14/h1-6H,7,15H2. The quantitative estimate of drug-likeness (QED) is 0.691. The van der Waals surface area contributed by atoms with Gasteiger partial charge in [-0.1, -0.05) is 6.07 Å². The molecule has 88 valence electrons. The van der Waals surface area contributed by atoms with Gasteiger partial charge in [-0.3, -0.25) is 0 Å². The molecule has 0 radical (unpaired) electrons. The fourth-order valence-electron chi connectivity index (χ4n) is 1.30. The molecule has 2 N–H and O–H groups in total. The van der Waals surface area contributed by atoms with Crippen molar-refractivity contribution < 1.29 is 4.39 Å². The van der Waals surface area contributed by atoms with Crippen LogP contribution in [0.3, 0.4) is 0 Å². The Morgan fingerprint density at radius 2 is 2.18 bits per heavy atom. The highest BCUT2D eigenvalue weighted by Gasteiger charge is 2.06. The van der Waals surface area contributed by atoms with Crippen LogP contribution in [0.1, 0.15) is 5.56 Å². The number of hydrogen-bond acceptors (Lipinski definition) is 3. The largest absolute Gasteiger partial charge is 0.399 e. The monoisotopic (exact) mass is 312 g/mol. The summed E-state index contributed by atoms with van der Waals surface area (Å²) in [5.74, 6) is 0.256. The first kappa shape index (κ1) is 12.4. The molecule has 1 heterocycles. The van der Waals surface area contributed by atoms with Crippen molar-refractivity contribution in [3.8, 4) is 0 Å². The van der Waals surface area contributed by atoms with E-state index in [2.05, 4.69) is 20.9 Å². The summed E-state index contributed by atoms with van der Waals surface area (Å²) >= 11 is 4.88. The Morgan fingerprint density at radius 3 is 2.88 bits per heavy atom. The molecule has 0 aliphatic rings. The molecule has 2 aromatic rings. The lowest BCUT2D eigenvalue weighted by atomic mass is 10.2. The summed E-state index contributed by atoms with van der Waals surface area (Å²) in [6.45, 7) is 0. The Bertz CT molecular complexity index is 534. The van der Waals surface area contributed by atoms with E-state index in [1.54, 1.807) is 18.3 Å². The molecule has 0 bridgehead atoms. The summed E-state index contributed by atoms with van der Waals surface area (Å²) in [5, 5.41) is 0.851. The number of hydrogen-bond donors (Lipinski definition) is 1. The number of aromatic nitrogens is 1. The zero-order valence-corrected chi connectivity index (χ0v) is 11.3. The third-order valence-electron chi connectivity index (χ3n) is 2.17. The van der Waals surface area contributed by atoms with E-state index >= 15 is 0 Å². The molecular weight excluding hydrogens is 303 g/mol. The van der Waals surface area contributed by atoms with Crippen molar-refractivity contribution in [1.82, 2.24) is 4.98 Å². The van der Waals surface area contributed by atoms with Gasteiger partial charge >= 0.3 is 0 Å². The van der Waals surface area contributed by atoms with Crippen LogP contribution in [-0.2, 0) is 5.75 Å². The smallest absolute Gasteiger partial charge is 0.129 e. The van der Waals surface area contributed by atoms with Gasteiger partial charge in [-0.05, 0) is 45.8 Å². The number of nitrogens with zero attached hydrogens (tertiary/aromatic N) is 1. The zero-order valence-electron chi connectivity index (χ0n) is 8.86. The normalized spacial score (nSPS) is 10.5. The van der Waals surface area contributed by atoms with E-state index in [-0.39, 0.29) is 5.82 Å². The molecule has 0 atom stereocenters. The second kappa shape index (κ2) is 5.51. The summed E-state index contributed by atoms with van der Waals surface area (Å²) in [7, 11) is 0. The van der Waals surface area contributed by atoms with E-state index in [0.717, 1.165) is 9.50 Å². The van der Waals surface area contributed by atoms with Crippen LogP contribution in [0.2, 0.25) is 0 Å². The molecule has 1 aromatic carbocycles. The third kappa shape index (κ3) is 3.20. The van der Waals surface area contributed by atoms with Gasteiger partial charge in [0, 0.05) is 22.1 Å². The number of rotatable bonds is 3. The van der Waals surface area contributed by atoms with Crippen molar-refractivity contribution in [3.05, 3.63) is 52.4 Å². The first-order valence-electron chi connectivity index (χ1n) is 4.94. The van der Waals surface area contributed by atoms with Crippen molar-refractivity contribution >= 4 is 33.4 Å². The molecule has 2 rings (SSSR count). The molecule has 2 nitrogen and oxygen atoms in total. The van der Waals surface area contributed by atoms with E-state index in [0.29, 0.717) is 17.0 Å². The average Bonchev–Trinajstić information content (AvgIpc) is 2.30. The molecule has 17 heavy (non-hydrogen) atoms.